The van der Waals surface area contributed by atoms with Crippen molar-refractivity contribution >= 4 is 5.91 Å². The van der Waals surface area contributed by atoms with E-state index in [-0.39, 0.29) is 5.91 Å². The Morgan fingerprint density at radius 1 is 1.55 bits per heavy atom. The van der Waals surface area contributed by atoms with Crippen LogP contribution in [0.15, 0.2) is 0 Å². The molecule has 1 saturated heterocycles. The van der Waals surface area contributed by atoms with Crippen molar-refractivity contribution in [3.8, 4) is 6.07 Å². The molecule has 0 atom stereocenters. The van der Waals surface area contributed by atoms with E-state index in [1.165, 1.54) is 6.92 Å². The van der Waals surface area contributed by atoms with E-state index in [9.17, 15) is 4.79 Å². The Bertz CT molecular complexity index is 173. The number of hydrogen-bond donors (Lipinski definition) is 0. The molecule has 62 valence electrons. The highest BCUT2D eigenvalue weighted by Crippen LogP contribution is 1.98. The Morgan fingerprint density at radius 2 is 2.00 bits per heavy atom. The van der Waals surface area contributed by atoms with E-state index in [1.54, 1.807) is 11.0 Å². The van der Waals surface area contributed by atoms with Gasteiger partial charge < -0.3 is 4.90 Å². The first-order valence-electron chi connectivity index (χ1n) is 3.35. The van der Waals surface area contributed by atoms with Gasteiger partial charge in [0.15, 0.2) is 0 Å². The van der Waals surface area contributed by atoms with Crippen molar-refractivity contribution in [2.75, 3.05) is 27.3 Å². The van der Waals surface area contributed by atoms with E-state index in [4.69, 9.17) is 5.26 Å². The van der Waals surface area contributed by atoms with Gasteiger partial charge in [-0.15, -0.1) is 0 Å². The van der Waals surface area contributed by atoms with Gasteiger partial charge in [-0.1, -0.05) is 0 Å². The van der Waals surface area contributed by atoms with Crippen LogP contribution in [0.4, 0.5) is 0 Å². The lowest BCUT2D eigenvalue weighted by Crippen LogP contribution is -2.20. The maximum atomic E-state index is 10.7. The molecule has 1 amide bonds. The minimum atomic E-state index is 0.215. The normalized spacial score (nSPS) is 17.3. The molecule has 0 aromatic rings. The summed E-state index contributed by atoms with van der Waals surface area (Å²) in [5.41, 5.74) is 0. The maximum Gasteiger partial charge on any atom is 0.237 e. The second-order valence-corrected chi connectivity index (χ2v) is 2.47. The fraction of sp³-hybridized carbons (Fsp3) is 0.714. The SMILES string of the molecule is CC#N.CN1CC(=O)N(C)C1. The van der Waals surface area contributed by atoms with Gasteiger partial charge in [0.2, 0.25) is 5.91 Å². The molecule has 0 aliphatic carbocycles. The number of nitrogens with zero attached hydrogens (tertiary/aromatic N) is 3. The predicted molar refractivity (Wildman–Crippen MR) is 41.6 cm³/mol. The summed E-state index contributed by atoms with van der Waals surface area (Å²) in [4.78, 5) is 14.4. The fourth-order valence-electron chi connectivity index (χ4n) is 0.843. The molecule has 4 nitrogen and oxygen atoms in total. The predicted octanol–water partition coefficient (Wildman–Crippen LogP) is -0.122. The van der Waals surface area contributed by atoms with Crippen molar-refractivity contribution in [2.45, 2.75) is 6.92 Å². The van der Waals surface area contributed by atoms with Crippen LogP contribution in [0.2, 0.25) is 0 Å². The van der Waals surface area contributed by atoms with Crippen LogP contribution >= 0.6 is 0 Å². The molecular weight excluding hydrogens is 142 g/mol. The first-order valence-corrected chi connectivity index (χ1v) is 3.35. The molecule has 11 heavy (non-hydrogen) atoms. The maximum absolute atomic E-state index is 10.7. The summed E-state index contributed by atoms with van der Waals surface area (Å²) >= 11 is 0. The third-order valence-corrected chi connectivity index (χ3v) is 1.28. The Morgan fingerprint density at radius 3 is 2.09 bits per heavy atom. The van der Waals surface area contributed by atoms with Gasteiger partial charge in [0, 0.05) is 14.0 Å². The molecule has 0 bridgehead atoms. The van der Waals surface area contributed by atoms with E-state index < -0.39 is 0 Å². The second kappa shape index (κ2) is 4.69. The van der Waals surface area contributed by atoms with Gasteiger partial charge in [-0.25, -0.2) is 0 Å². The lowest BCUT2D eigenvalue weighted by molar-refractivity contribution is -0.125. The third kappa shape index (κ3) is 3.58. The molecule has 0 aromatic carbocycles. The van der Waals surface area contributed by atoms with Crippen LogP contribution in [0.25, 0.3) is 0 Å². The molecule has 1 heterocycles. The largest absolute Gasteiger partial charge is 0.332 e. The van der Waals surface area contributed by atoms with E-state index in [0.717, 1.165) is 6.67 Å². The zero-order valence-electron chi connectivity index (χ0n) is 7.16. The minimum absolute atomic E-state index is 0.215. The van der Waals surface area contributed by atoms with Crippen molar-refractivity contribution in [3.63, 3.8) is 0 Å². The smallest absolute Gasteiger partial charge is 0.237 e. The van der Waals surface area contributed by atoms with Gasteiger partial charge in [-0.05, 0) is 7.05 Å². The Hall–Kier alpha value is -1.08. The van der Waals surface area contributed by atoms with Crippen LogP contribution < -0.4 is 0 Å². The summed E-state index contributed by atoms with van der Waals surface area (Å²) in [6.45, 7) is 2.79. The summed E-state index contributed by atoms with van der Waals surface area (Å²) in [5, 5.41) is 7.32. The first kappa shape index (κ1) is 9.92. The molecule has 4 heteroatoms. The van der Waals surface area contributed by atoms with E-state index >= 15 is 0 Å². The van der Waals surface area contributed by atoms with E-state index in [0.29, 0.717) is 6.54 Å². The number of nitriles is 1. The third-order valence-electron chi connectivity index (χ3n) is 1.28. The summed E-state index contributed by atoms with van der Waals surface area (Å²) in [6.07, 6.45) is 0. The topological polar surface area (TPSA) is 47.3 Å². The monoisotopic (exact) mass is 155 g/mol. The van der Waals surface area contributed by atoms with Gasteiger partial charge in [0.05, 0.1) is 19.3 Å². The van der Waals surface area contributed by atoms with Gasteiger partial charge >= 0.3 is 0 Å². The van der Waals surface area contributed by atoms with Gasteiger partial charge in [-0.3, -0.25) is 9.69 Å². The highest BCUT2D eigenvalue weighted by atomic mass is 16.2. The molecule has 0 spiro atoms. The number of rotatable bonds is 0. The summed E-state index contributed by atoms with van der Waals surface area (Å²) < 4.78 is 0. The van der Waals surface area contributed by atoms with Crippen molar-refractivity contribution in [2.24, 2.45) is 0 Å². The molecule has 1 rings (SSSR count). The molecule has 0 aromatic heterocycles. The van der Waals surface area contributed by atoms with Crippen LogP contribution in [0.5, 0.6) is 0 Å². The zero-order chi connectivity index (χ0) is 8.85. The highest BCUT2D eigenvalue weighted by Gasteiger charge is 2.19. The van der Waals surface area contributed by atoms with Crippen molar-refractivity contribution in [1.29, 1.82) is 5.26 Å². The lowest BCUT2D eigenvalue weighted by atomic mass is 10.6. The molecule has 0 unspecified atom stereocenters. The quantitative estimate of drug-likeness (QED) is 0.490. The van der Waals surface area contributed by atoms with Crippen molar-refractivity contribution in [1.82, 2.24) is 9.80 Å². The number of amides is 1. The van der Waals surface area contributed by atoms with Crippen LogP contribution in [-0.4, -0.2) is 43.0 Å². The molecular formula is C7H13N3O. The molecule has 1 aliphatic rings. The fourth-order valence-corrected chi connectivity index (χ4v) is 0.843. The highest BCUT2D eigenvalue weighted by molar-refractivity contribution is 5.79. The van der Waals surface area contributed by atoms with E-state index in [2.05, 4.69) is 0 Å². The standard InChI is InChI=1S/C5H10N2O.C2H3N/c1-6-3-5(8)7(2)4-6;1-2-3/h3-4H2,1-2H3;1H3. The number of likely N-dealkylation sites (N-methyl/N-ethyl adjacent to an activating group) is 2. The molecule has 1 fully saturated rings. The van der Waals surface area contributed by atoms with Crippen LogP contribution in [0.3, 0.4) is 0 Å². The zero-order valence-corrected chi connectivity index (χ0v) is 7.16. The van der Waals surface area contributed by atoms with E-state index in [1.807, 2.05) is 19.0 Å². The van der Waals surface area contributed by atoms with Crippen LogP contribution in [0.1, 0.15) is 6.92 Å². The molecule has 0 saturated carbocycles. The van der Waals surface area contributed by atoms with Gasteiger partial charge in [-0.2, -0.15) is 5.26 Å². The Labute approximate surface area is 67.0 Å². The first-order chi connectivity index (χ1) is 5.11. The minimum Gasteiger partial charge on any atom is -0.332 e. The lowest BCUT2D eigenvalue weighted by Gasteiger charge is -2.06. The summed E-state index contributed by atoms with van der Waals surface area (Å²) in [6, 6.07) is 1.75. The Balaban J connectivity index is 0.000000292. The summed E-state index contributed by atoms with van der Waals surface area (Å²) in [5.74, 6) is 0.215. The Kier molecular flexibility index (Phi) is 4.23. The van der Waals surface area contributed by atoms with Crippen molar-refractivity contribution < 1.29 is 4.79 Å². The molecule has 0 N–H and O–H groups in total. The number of hydrogen-bond acceptors (Lipinski definition) is 3. The number of carbonyl (C=O) groups excluding carboxylic acids is 1. The van der Waals surface area contributed by atoms with Gasteiger partial charge in [0.1, 0.15) is 0 Å². The number of carbonyl (C=O) groups is 1. The summed E-state index contributed by atoms with van der Waals surface area (Å²) in [7, 11) is 3.74. The van der Waals surface area contributed by atoms with Crippen LogP contribution in [-0.2, 0) is 4.79 Å². The second-order valence-electron chi connectivity index (χ2n) is 2.47. The average molecular weight is 155 g/mol. The van der Waals surface area contributed by atoms with Gasteiger partial charge in [0.25, 0.3) is 0 Å². The molecule has 0 radical (unpaired) electrons. The molecule has 1 aliphatic heterocycles. The van der Waals surface area contributed by atoms with Crippen molar-refractivity contribution in [3.05, 3.63) is 0 Å². The average Bonchev–Trinajstić information content (AvgIpc) is 2.12. The van der Waals surface area contributed by atoms with Crippen LogP contribution in [0, 0.1) is 11.3 Å².